The predicted octanol–water partition coefficient (Wildman–Crippen LogP) is 3.09. The van der Waals surface area contributed by atoms with Crippen molar-refractivity contribution in [2.45, 2.75) is 32.8 Å². The SMILES string of the molecule is CCOC(=O)c1ccc(NCCC(C)(C)OC)cc1. The van der Waals surface area contributed by atoms with E-state index in [1.807, 2.05) is 12.1 Å². The number of benzene rings is 1. The van der Waals surface area contributed by atoms with Crippen molar-refractivity contribution in [3.05, 3.63) is 29.8 Å². The van der Waals surface area contributed by atoms with E-state index in [-0.39, 0.29) is 11.6 Å². The number of hydrogen-bond acceptors (Lipinski definition) is 4. The molecule has 0 unspecified atom stereocenters. The van der Waals surface area contributed by atoms with E-state index in [2.05, 4.69) is 19.2 Å². The Hall–Kier alpha value is -1.55. The standard InChI is InChI=1S/C15H23NO3/c1-5-19-14(17)12-6-8-13(9-7-12)16-11-10-15(2,3)18-4/h6-9,16H,5,10-11H2,1-4H3. The highest BCUT2D eigenvalue weighted by Crippen LogP contribution is 2.15. The molecule has 1 N–H and O–H groups in total. The first-order chi connectivity index (χ1) is 8.98. The van der Waals surface area contributed by atoms with Gasteiger partial charge < -0.3 is 14.8 Å². The summed E-state index contributed by atoms with van der Waals surface area (Å²) in [7, 11) is 1.72. The van der Waals surface area contributed by atoms with Gasteiger partial charge in [0, 0.05) is 19.3 Å². The van der Waals surface area contributed by atoms with Crippen molar-refractivity contribution in [2.24, 2.45) is 0 Å². The van der Waals surface area contributed by atoms with Crippen LogP contribution in [0, 0.1) is 0 Å². The Kier molecular flexibility index (Phi) is 5.83. The molecule has 4 heteroatoms. The highest BCUT2D eigenvalue weighted by atomic mass is 16.5. The summed E-state index contributed by atoms with van der Waals surface area (Å²) in [5.41, 5.74) is 1.43. The third kappa shape index (κ3) is 5.30. The fourth-order valence-electron chi connectivity index (χ4n) is 1.55. The first-order valence-electron chi connectivity index (χ1n) is 6.54. The molecular weight excluding hydrogens is 242 g/mol. The Morgan fingerprint density at radius 2 is 1.89 bits per heavy atom. The van der Waals surface area contributed by atoms with Crippen molar-refractivity contribution in [2.75, 3.05) is 25.6 Å². The van der Waals surface area contributed by atoms with Crippen LogP contribution in [-0.2, 0) is 9.47 Å². The number of esters is 1. The topological polar surface area (TPSA) is 47.6 Å². The molecular formula is C15H23NO3. The molecule has 0 aliphatic rings. The fraction of sp³-hybridized carbons (Fsp3) is 0.533. The van der Waals surface area contributed by atoms with Crippen LogP contribution in [0.15, 0.2) is 24.3 Å². The van der Waals surface area contributed by atoms with Gasteiger partial charge in [-0.05, 0) is 51.5 Å². The Labute approximate surface area is 115 Å². The molecule has 0 amide bonds. The molecule has 0 spiro atoms. The summed E-state index contributed by atoms with van der Waals surface area (Å²) in [4.78, 5) is 11.5. The van der Waals surface area contributed by atoms with Gasteiger partial charge in [-0.25, -0.2) is 4.79 Å². The van der Waals surface area contributed by atoms with Gasteiger partial charge in [-0.1, -0.05) is 0 Å². The molecule has 0 heterocycles. The lowest BCUT2D eigenvalue weighted by Crippen LogP contribution is -2.25. The molecule has 0 aromatic heterocycles. The van der Waals surface area contributed by atoms with Gasteiger partial charge in [-0.15, -0.1) is 0 Å². The number of carbonyl (C=O) groups excluding carboxylic acids is 1. The summed E-state index contributed by atoms with van der Waals surface area (Å²) in [6.45, 7) is 7.12. The van der Waals surface area contributed by atoms with Crippen LogP contribution in [0.2, 0.25) is 0 Å². The molecule has 1 aromatic rings. The van der Waals surface area contributed by atoms with Crippen LogP contribution in [0.1, 0.15) is 37.6 Å². The van der Waals surface area contributed by atoms with Gasteiger partial charge in [0.2, 0.25) is 0 Å². The van der Waals surface area contributed by atoms with E-state index in [1.54, 1.807) is 26.2 Å². The molecule has 0 bridgehead atoms. The minimum absolute atomic E-state index is 0.127. The monoisotopic (exact) mass is 265 g/mol. The lowest BCUT2D eigenvalue weighted by Gasteiger charge is -2.23. The fourth-order valence-corrected chi connectivity index (χ4v) is 1.55. The van der Waals surface area contributed by atoms with Gasteiger partial charge in [0.15, 0.2) is 0 Å². The summed E-state index contributed by atoms with van der Waals surface area (Å²) in [6.07, 6.45) is 0.906. The number of carbonyl (C=O) groups is 1. The quantitative estimate of drug-likeness (QED) is 0.770. The lowest BCUT2D eigenvalue weighted by molar-refractivity contribution is 0.0185. The summed E-state index contributed by atoms with van der Waals surface area (Å²) in [5, 5.41) is 3.30. The molecule has 1 rings (SSSR count). The van der Waals surface area contributed by atoms with Gasteiger partial charge in [0.1, 0.15) is 0 Å². The second kappa shape index (κ2) is 7.14. The van der Waals surface area contributed by atoms with Crippen molar-refractivity contribution in [1.29, 1.82) is 0 Å². The molecule has 0 atom stereocenters. The Morgan fingerprint density at radius 1 is 1.26 bits per heavy atom. The van der Waals surface area contributed by atoms with Crippen LogP contribution in [-0.4, -0.2) is 31.8 Å². The second-order valence-electron chi connectivity index (χ2n) is 4.94. The van der Waals surface area contributed by atoms with Crippen LogP contribution >= 0.6 is 0 Å². The molecule has 0 saturated carbocycles. The third-order valence-electron chi connectivity index (χ3n) is 3.00. The zero-order valence-electron chi connectivity index (χ0n) is 12.2. The molecule has 19 heavy (non-hydrogen) atoms. The maximum Gasteiger partial charge on any atom is 0.338 e. The zero-order valence-corrected chi connectivity index (χ0v) is 12.2. The summed E-state index contributed by atoms with van der Waals surface area (Å²) in [5.74, 6) is -0.283. The largest absolute Gasteiger partial charge is 0.462 e. The molecule has 0 aliphatic heterocycles. The van der Waals surface area contributed by atoms with Crippen LogP contribution in [0.25, 0.3) is 0 Å². The average Bonchev–Trinajstić information content (AvgIpc) is 2.39. The van der Waals surface area contributed by atoms with Crippen molar-refractivity contribution in [1.82, 2.24) is 0 Å². The van der Waals surface area contributed by atoms with Crippen LogP contribution in [0.3, 0.4) is 0 Å². The van der Waals surface area contributed by atoms with Crippen molar-refractivity contribution in [3.63, 3.8) is 0 Å². The van der Waals surface area contributed by atoms with Gasteiger partial charge >= 0.3 is 5.97 Å². The van der Waals surface area contributed by atoms with Crippen LogP contribution < -0.4 is 5.32 Å². The van der Waals surface area contributed by atoms with Crippen molar-refractivity contribution in [3.8, 4) is 0 Å². The molecule has 106 valence electrons. The number of methoxy groups -OCH3 is 1. The Morgan fingerprint density at radius 3 is 2.42 bits per heavy atom. The Balaban J connectivity index is 2.47. The maximum atomic E-state index is 11.5. The van der Waals surface area contributed by atoms with E-state index in [0.29, 0.717) is 12.2 Å². The van der Waals surface area contributed by atoms with E-state index < -0.39 is 0 Å². The van der Waals surface area contributed by atoms with Crippen molar-refractivity contribution < 1.29 is 14.3 Å². The van der Waals surface area contributed by atoms with Gasteiger partial charge in [0.25, 0.3) is 0 Å². The highest BCUT2D eigenvalue weighted by Gasteiger charge is 2.15. The molecule has 1 aromatic carbocycles. The normalized spacial score (nSPS) is 11.2. The first kappa shape index (κ1) is 15.5. The van der Waals surface area contributed by atoms with Gasteiger partial charge in [-0.3, -0.25) is 0 Å². The molecule has 4 nitrogen and oxygen atoms in total. The van der Waals surface area contributed by atoms with Gasteiger partial charge in [-0.2, -0.15) is 0 Å². The smallest absolute Gasteiger partial charge is 0.338 e. The molecule has 0 saturated heterocycles. The summed E-state index contributed by atoms with van der Waals surface area (Å²) >= 11 is 0. The number of anilines is 1. The van der Waals surface area contributed by atoms with E-state index in [1.165, 1.54) is 0 Å². The van der Waals surface area contributed by atoms with E-state index in [0.717, 1.165) is 18.7 Å². The van der Waals surface area contributed by atoms with E-state index >= 15 is 0 Å². The van der Waals surface area contributed by atoms with Gasteiger partial charge in [0.05, 0.1) is 17.8 Å². The number of hydrogen-bond donors (Lipinski definition) is 1. The predicted molar refractivity (Wildman–Crippen MR) is 76.6 cm³/mol. The average molecular weight is 265 g/mol. The first-order valence-corrected chi connectivity index (χ1v) is 6.54. The van der Waals surface area contributed by atoms with Crippen LogP contribution in [0.4, 0.5) is 5.69 Å². The number of nitrogens with one attached hydrogen (secondary N) is 1. The molecule has 0 aliphatic carbocycles. The summed E-state index contributed by atoms with van der Waals surface area (Å²) in [6, 6.07) is 7.29. The minimum atomic E-state index is -0.283. The highest BCUT2D eigenvalue weighted by molar-refractivity contribution is 5.89. The van der Waals surface area contributed by atoms with Crippen LogP contribution in [0.5, 0.6) is 0 Å². The number of ether oxygens (including phenoxy) is 2. The molecule has 0 radical (unpaired) electrons. The molecule has 0 fully saturated rings. The Bertz CT molecular complexity index is 398. The third-order valence-corrected chi connectivity index (χ3v) is 3.00. The second-order valence-corrected chi connectivity index (χ2v) is 4.94. The van der Waals surface area contributed by atoms with Crippen molar-refractivity contribution >= 4 is 11.7 Å². The van der Waals surface area contributed by atoms with E-state index in [9.17, 15) is 4.79 Å². The minimum Gasteiger partial charge on any atom is -0.462 e. The summed E-state index contributed by atoms with van der Waals surface area (Å²) < 4.78 is 10.3. The number of rotatable bonds is 7. The van der Waals surface area contributed by atoms with E-state index in [4.69, 9.17) is 9.47 Å². The zero-order chi connectivity index (χ0) is 14.3. The lowest BCUT2D eigenvalue weighted by atomic mass is 10.1. The maximum absolute atomic E-state index is 11.5.